The average molecular weight is 427 g/mol. The van der Waals surface area contributed by atoms with Crippen molar-refractivity contribution in [1.82, 2.24) is 10.6 Å². The molecule has 0 heterocycles. The van der Waals surface area contributed by atoms with Crippen LogP contribution in [0, 0.1) is 5.92 Å². The van der Waals surface area contributed by atoms with Gasteiger partial charge in [0.25, 0.3) is 0 Å². The fraction of sp³-hybridized carbons (Fsp3) is 0.375. The molecule has 2 aromatic carbocycles. The second-order valence-corrected chi connectivity index (χ2v) is 7.39. The first-order valence-corrected chi connectivity index (χ1v) is 10.4. The maximum absolute atomic E-state index is 12.8. The molecule has 0 fully saturated rings. The summed E-state index contributed by atoms with van der Waals surface area (Å²) in [6.45, 7) is 5.54. The van der Waals surface area contributed by atoms with Gasteiger partial charge in [0.05, 0.1) is 0 Å². The van der Waals surface area contributed by atoms with Crippen LogP contribution in [0.25, 0.3) is 0 Å². The van der Waals surface area contributed by atoms with Crippen LogP contribution in [-0.2, 0) is 32.3 Å². The standard InChI is InChI=1S/C24H30N2O5/c1-4-17(2)21(26-24(29)31-16-20-13-9-6-10-14-20)22(27)25-18(3)23(28)30-15-19-11-7-5-8-12-19/h5-14,17-18,21H,4,15-16H2,1-3H3,(H,25,27)(H,26,29)/t17?,18-,21?/m1/s1. The van der Waals surface area contributed by atoms with Crippen LogP contribution in [0.2, 0.25) is 0 Å². The molecule has 31 heavy (non-hydrogen) atoms. The molecule has 3 atom stereocenters. The summed E-state index contributed by atoms with van der Waals surface area (Å²) in [6.07, 6.45) is -0.0345. The van der Waals surface area contributed by atoms with E-state index in [4.69, 9.17) is 9.47 Å². The van der Waals surface area contributed by atoms with Crippen molar-refractivity contribution >= 4 is 18.0 Å². The van der Waals surface area contributed by atoms with Gasteiger partial charge >= 0.3 is 12.1 Å². The predicted octanol–water partition coefficient (Wildman–Crippen LogP) is 3.58. The van der Waals surface area contributed by atoms with Crippen LogP contribution in [0.4, 0.5) is 4.79 Å². The van der Waals surface area contributed by atoms with Gasteiger partial charge in [-0.2, -0.15) is 0 Å². The van der Waals surface area contributed by atoms with Crippen LogP contribution in [0.3, 0.4) is 0 Å². The third-order valence-corrected chi connectivity index (χ3v) is 4.92. The summed E-state index contributed by atoms with van der Waals surface area (Å²) in [7, 11) is 0. The zero-order valence-electron chi connectivity index (χ0n) is 18.2. The van der Waals surface area contributed by atoms with Gasteiger partial charge in [0, 0.05) is 0 Å². The summed E-state index contributed by atoms with van der Waals surface area (Å²) in [4.78, 5) is 37.2. The number of amides is 2. The topological polar surface area (TPSA) is 93.7 Å². The summed E-state index contributed by atoms with van der Waals surface area (Å²) in [5, 5.41) is 5.24. The smallest absolute Gasteiger partial charge is 0.408 e. The molecule has 0 radical (unpaired) electrons. The number of alkyl carbamates (subject to hydrolysis) is 1. The highest BCUT2D eigenvalue weighted by molar-refractivity contribution is 5.89. The minimum atomic E-state index is -0.857. The van der Waals surface area contributed by atoms with Gasteiger partial charge in [-0.15, -0.1) is 0 Å². The van der Waals surface area contributed by atoms with Crippen molar-refractivity contribution in [3.05, 3.63) is 71.8 Å². The number of hydrogen-bond donors (Lipinski definition) is 2. The number of nitrogens with one attached hydrogen (secondary N) is 2. The van der Waals surface area contributed by atoms with Crippen LogP contribution in [0.5, 0.6) is 0 Å². The van der Waals surface area contributed by atoms with Crippen molar-refractivity contribution in [2.45, 2.75) is 52.5 Å². The Kier molecular flexibility index (Phi) is 9.55. The lowest BCUT2D eigenvalue weighted by atomic mass is 9.98. The summed E-state index contributed by atoms with van der Waals surface area (Å²) in [6, 6.07) is 16.9. The minimum absolute atomic E-state index is 0.101. The van der Waals surface area contributed by atoms with Crippen molar-refractivity contribution in [3.8, 4) is 0 Å². The minimum Gasteiger partial charge on any atom is -0.459 e. The lowest BCUT2D eigenvalue weighted by molar-refractivity contribution is -0.148. The van der Waals surface area contributed by atoms with Gasteiger partial charge in [0.2, 0.25) is 5.91 Å². The monoisotopic (exact) mass is 426 g/mol. The lowest BCUT2D eigenvalue weighted by Crippen LogP contribution is -2.53. The predicted molar refractivity (Wildman–Crippen MR) is 117 cm³/mol. The van der Waals surface area contributed by atoms with E-state index in [0.717, 1.165) is 11.1 Å². The Bertz CT molecular complexity index is 842. The number of benzene rings is 2. The second kappa shape index (κ2) is 12.4. The molecule has 0 saturated carbocycles. The highest BCUT2D eigenvalue weighted by atomic mass is 16.5. The van der Waals surface area contributed by atoms with Crippen LogP contribution in [0.15, 0.2) is 60.7 Å². The molecule has 0 aliphatic rings. The molecule has 0 spiro atoms. The lowest BCUT2D eigenvalue weighted by Gasteiger charge is -2.24. The molecule has 2 amide bonds. The van der Waals surface area contributed by atoms with Crippen LogP contribution < -0.4 is 10.6 Å². The van der Waals surface area contributed by atoms with Gasteiger partial charge in [-0.1, -0.05) is 80.9 Å². The second-order valence-electron chi connectivity index (χ2n) is 7.39. The molecule has 7 nitrogen and oxygen atoms in total. The average Bonchev–Trinajstić information content (AvgIpc) is 2.80. The number of esters is 1. The highest BCUT2D eigenvalue weighted by Crippen LogP contribution is 2.10. The highest BCUT2D eigenvalue weighted by Gasteiger charge is 2.29. The van der Waals surface area contributed by atoms with E-state index in [1.54, 1.807) is 6.92 Å². The fourth-order valence-electron chi connectivity index (χ4n) is 2.81. The third kappa shape index (κ3) is 8.12. The molecule has 0 saturated heterocycles. The Labute approximate surface area is 183 Å². The number of hydrogen-bond acceptors (Lipinski definition) is 5. The van der Waals surface area contributed by atoms with Gasteiger partial charge in [-0.3, -0.25) is 4.79 Å². The SMILES string of the molecule is CCC(C)C(NC(=O)OCc1ccccc1)C(=O)N[C@H](C)C(=O)OCc1ccccc1. The molecular weight excluding hydrogens is 396 g/mol. The summed E-state index contributed by atoms with van der Waals surface area (Å²) < 4.78 is 10.5. The molecular formula is C24H30N2O5. The summed E-state index contributed by atoms with van der Waals surface area (Å²) in [5.41, 5.74) is 1.70. The van der Waals surface area contributed by atoms with E-state index in [0.29, 0.717) is 6.42 Å². The molecule has 2 aromatic rings. The first-order chi connectivity index (χ1) is 14.9. The Morgan fingerprint density at radius 2 is 1.32 bits per heavy atom. The number of carbonyl (C=O) groups excluding carboxylic acids is 3. The number of rotatable bonds is 10. The molecule has 166 valence electrons. The van der Waals surface area contributed by atoms with Gasteiger partial charge < -0.3 is 20.1 Å². The maximum Gasteiger partial charge on any atom is 0.408 e. The van der Waals surface area contributed by atoms with Crippen molar-refractivity contribution in [2.24, 2.45) is 5.92 Å². The molecule has 2 N–H and O–H groups in total. The maximum atomic E-state index is 12.8. The van der Waals surface area contributed by atoms with E-state index in [9.17, 15) is 14.4 Å². The van der Waals surface area contributed by atoms with Gasteiger partial charge in [-0.25, -0.2) is 9.59 Å². The van der Waals surface area contributed by atoms with E-state index in [1.165, 1.54) is 0 Å². The number of ether oxygens (including phenoxy) is 2. The van der Waals surface area contributed by atoms with Crippen molar-refractivity contribution in [2.75, 3.05) is 0 Å². The van der Waals surface area contributed by atoms with Crippen molar-refractivity contribution in [3.63, 3.8) is 0 Å². The molecule has 0 aliphatic carbocycles. The Hall–Kier alpha value is -3.35. The molecule has 0 aromatic heterocycles. The molecule has 0 aliphatic heterocycles. The zero-order chi connectivity index (χ0) is 22.6. The Morgan fingerprint density at radius 3 is 1.84 bits per heavy atom. The largest absolute Gasteiger partial charge is 0.459 e. The normalized spacial score (nSPS) is 13.4. The molecule has 7 heteroatoms. The molecule has 2 rings (SSSR count). The zero-order valence-corrected chi connectivity index (χ0v) is 18.2. The van der Waals surface area contributed by atoms with Gasteiger partial charge in [0.1, 0.15) is 25.3 Å². The Morgan fingerprint density at radius 1 is 0.806 bits per heavy atom. The Balaban J connectivity index is 1.87. The molecule has 0 bridgehead atoms. The van der Waals surface area contributed by atoms with Crippen LogP contribution >= 0.6 is 0 Å². The quantitative estimate of drug-likeness (QED) is 0.567. The van der Waals surface area contributed by atoms with E-state index in [-0.39, 0.29) is 19.1 Å². The summed E-state index contributed by atoms with van der Waals surface area (Å²) in [5.74, 6) is -1.17. The van der Waals surface area contributed by atoms with Gasteiger partial charge in [0.15, 0.2) is 0 Å². The number of carbonyl (C=O) groups is 3. The van der Waals surface area contributed by atoms with Crippen molar-refractivity contribution in [1.29, 1.82) is 0 Å². The third-order valence-electron chi connectivity index (χ3n) is 4.92. The molecule has 2 unspecified atom stereocenters. The first-order valence-electron chi connectivity index (χ1n) is 10.4. The van der Waals surface area contributed by atoms with E-state index in [1.807, 2.05) is 74.5 Å². The van der Waals surface area contributed by atoms with E-state index < -0.39 is 30.1 Å². The van der Waals surface area contributed by atoms with Crippen molar-refractivity contribution < 1.29 is 23.9 Å². The fourth-order valence-corrected chi connectivity index (χ4v) is 2.81. The van der Waals surface area contributed by atoms with E-state index >= 15 is 0 Å². The van der Waals surface area contributed by atoms with Gasteiger partial charge in [-0.05, 0) is 24.0 Å². The summed E-state index contributed by atoms with van der Waals surface area (Å²) >= 11 is 0. The van der Waals surface area contributed by atoms with Crippen LogP contribution in [0.1, 0.15) is 38.3 Å². The van der Waals surface area contributed by atoms with E-state index in [2.05, 4.69) is 10.6 Å². The van der Waals surface area contributed by atoms with Crippen LogP contribution in [-0.4, -0.2) is 30.1 Å². The first kappa shape index (κ1) is 23.9.